The van der Waals surface area contributed by atoms with E-state index in [-0.39, 0.29) is 18.0 Å². The first kappa shape index (κ1) is 22.5. The normalized spacial score (nSPS) is 15.0. The zero-order valence-electron chi connectivity index (χ0n) is 17.3. The van der Waals surface area contributed by atoms with Crippen molar-refractivity contribution in [1.82, 2.24) is 10.2 Å². The molecule has 1 atom stereocenters. The molecule has 1 fully saturated rings. The van der Waals surface area contributed by atoms with Gasteiger partial charge in [-0.25, -0.2) is 4.79 Å². The van der Waals surface area contributed by atoms with Crippen LogP contribution >= 0.6 is 0 Å². The smallest absolute Gasteiger partial charge is 0.416 e. The van der Waals surface area contributed by atoms with Gasteiger partial charge in [0.25, 0.3) is 0 Å². The van der Waals surface area contributed by atoms with Crippen LogP contribution in [0.1, 0.15) is 35.6 Å². The highest BCUT2D eigenvalue weighted by molar-refractivity contribution is 5.90. The third-order valence-corrected chi connectivity index (χ3v) is 5.18. The van der Waals surface area contributed by atoms with E-state index in [1.54, 1.807) is 30.0 Å². The van der Waals surface area contributed by atoms with Gasteiger partial charge in [-0.1, -0.05) is 12.1 Å². The van der Waals surface area contributed by atoms with Gasteiger partial charge in [0.1, 0.15) is 5.75 Å². The number of hydrogen-bond acceptors (Lipinski definition) is 3. The van der Waals surface area contributed by atoms with Crippen molar-refractivity contribution >= 4 is 17.6 Å². The van der Waals surface area contributed by atoms with Gasteiger partial charge in [0.05, 0.1) is 18.7 Å². The molecule has 31 heavy (non-hydrogen) atoms. The Morgan fingerprint density at radius 2 is 2.00 bits per heavy atom. The number of amides is 3. The maximum atomic E-state index is 13.2. The summed E-state index contributed by atoms with van der Waals surface area (Å²) in [7, 11) is 1.54. The number of carbonyl (C=O) groups excluding carboxylic acids is 2. The van der Waals surface area contributed by atoms with Crippen LogP contribution in [0.3, 0.4) is 0 Å². The molecule has 3 amide bonds. The van der Waals surface area contributed by atoms with Crippen molar-refractivity contribution < 1.29 is 27.5 Å². The summed E-state index contributed by atoms with van der Waals surface area (Å²) in [4.78, 5) is 26.3. The second-order valence-electron chi connectivity index (χ2n) is 7.40. The number of urea groups is 1. The number of nitrogens with one attached hydrogen (secondary N) is 2. The number of benzene rings is 2. The van der Waals surface area contributed by atoms with Crippen LogP contribution in [-0.2, 0) is 11.0 Å². The molecule has 166 valence electrons. The summed E-state index contributed by atoms with van der Waals surface area (Å²) in [5.74, 6) is 0.558. The number of ether oxygens (including phenoxy) is 1. The SMILES string of the molecule is COc1ccc(NC(=O)NC(CN2CCCC2=O)c2cccc(C(F)(F)F)c2)c(C)c1. The van der Waals surface area contributed by atoms with Crippen LogP contribution in [0, 0.1) is 6.92 Å². The molecule has 1 aliphatic heterocycles. The first-order valence-electron chi connectivity index (χ1n) is 9.84. The molecule has 0 saturated carbocycles. The molecule has 1 saturated heterocycles. The highest BCUT2D eigenvalue weighted by Crippen LogP contribution is 2.31. The molecule has 6 nitrogen and oxygen atoms in total. The summed E-state index contributed by atoms with van der Waals surface area (Å²) in [5, 5.41) is 5.43. The lowest BCUT2D eigenvalue weighted by atomic mass is 10.0. The van der Waals surface area contributed by atoms with Crippen molar-refractivity contribution in [3.05, 3.63) is 59.2 Å². The third-order valence-electron chi connectivity index (χ3n) is 5.18. The molecule has 0 aliphatic carbocycles. The second-order valence-corrected chi connectivity index (χ2v) is 7.40. The Bertz CT molecular complexity index is 963. The quantitative estimate of drug-likeness (QED) is 0.702. The number of halogens is 3. The number of aryl methyl sites for hydroxylation is 1. The highest BCUT2D eigenvalue weighted by atomic mass is 19.4. The fraction of sp³-hybridized carbons (Fsp3) is 0.364. The van der Waals surface area contributed by atoms with Gasteiger partial charge in [-0.15, -0.1) is 0 Å². The van der Waals surface area contributed by atoms with Crippen molar-refractivity contribution in [2.24, 2.45) is 0 Å². The van der Waals surface area contributed by atoms with E-state index in [1.165, 1.54) is 19.2 Å². The molecule has 9 heteroatoms. The van der Waals surface area contributed by atoms with Crippen molar-refractivity contribution in [2.45, 2.75) is 32.0 Å². The lowest BCUT2D eigenvalue weighted by Crippen LogP contribution is -2.40. The van der Waals surface area contributed by atoms with Gasteiger partial charge in [0.2, 0.25) is 5.91 Å². The number of hydrogen-bond donors (Lipinski definition) is 2. The standard InChI is InChI=1S/C22H24F3N3O3/c1-14-11-17(31-2)8-9-18(14)26-21(30)27-19(13-28-10-4-7-20(28)29)15-5-3-6-16(12-15)22(23,24)25/h3,5-6,8-9,11-12,19H,4,7,10,13H2,1-2H3,(H2,26,27,30). The fourth-order valence-corrected chi connectivity index (χ4v) is 3.50. The van der Waals surface area contributed by atoms with E-state index in [0.29, 0.717) is 30.8 Å². The summed E-state index contributed by atoms with van der Waals surface area (Å²) in [6, 6.07) is 8.52. The predicted octanol–water partition coefficient (Wildman–Crippen LogP) is 4.51. The number of rotatable bonds is 6. The minimum atomic E-state index is -4.51. The molecule has 0 radical (unpaired) electrons. The second kappa shape index (κ2) is 9.28. The maximum Gasteiger partial charge on any atom is 0.416 e. The average Bonchev–Trinajstić information content (AvgIpc) is 3.13. The molecule has 1 unspecified atom stereocenters. The molecule has 0 bridgehead atoms. The van der Waals surface area contributed by atoms with Crippen LogP contribution < -0.4 is 15.4 Å². The number of anilines is 1. The summed E-state index contributed by atoms with van der Waals surface area (Å²) in [6.07, 6.45) is -3.43. The molecule has 1 aliphatic rings. The molecule has 2 aromatic rings. The summed E-state index contributed by atoms with van der Waals surface area (Å²) in [6.45, 7) is 2.40. The van der Waals surface area contributed by atoms with E-state index < -0.39 is 23.8 Å². The van der Waals surface area contributed by atoms with Gasteiger partial charge in [-0.2, -0.15) is 13.2 Å². The molecule has 1 heterocycles. The van der Waals surface area contributed by atoms with Gasteiger partial charge >= 0.3 is 12.2 Å². The Morgan fingerprint density at radius 3 is 2.61 bits per heavy atom. The molecule has 0 spiro atoms. The average molecular weight is 435 g/mol. The number of likely N-dealkylation sites (tertiary alicyclic amines) is 1. The topological polar surface area (TPSA) is 70.7 Å². The van der Waals surface area contributed by atoms with Gasteiger partial charge < -0.3 is 20.3 Å². The van der Waals surface area contributed by atoms with Crippen LogP contribution in [0.15, 0.2) is 42.5 Å². The first-order valence-corrected chi connectivity index (χ1v) is 9.84. The van der Waals surface area contributed by atoms with Crippen molar-refractivity contribution in [3.63, 3.8) is 0 Å². The van der Waals surface area contributed by atoms with Gasteiger partial charge in [0, 0.05) is 25.2 Å². The maximum absolute atomic E-state index is 13.2. The first-order chi connectivity index (χ1) is 14.7. The van der Waals surface area contributed by atoms with Crippen LogP contribution in [0.2, 0.25) is 0 Å². The molecule has 2 N–H and O–H groups in total. The molecular formula is C22H24F3N3O3. The minimum absolute atomic E-state index is 0.0785. The van der Waals surface area contributed by atoms with E-state index in [1.807, 2.05) is 0 Å². The zero-order chi connectivity index (χ0) is 22.6. The Balaban J connectivity index is 1.81. The Hall–Kier alpha value is -3.23. The summed E-state index contributed by atoms with van der Waals surface area (Å²) in [5.41, 5.74) is 0.769. The number of methoxy groups -OCH3 is 1. The van der Waals surface area contributed by atoms with Gasteiger partial charge in [-0.05, 0) is 54.8 Å². The van der Waals surface area contributed by atoms with Crippen LogP contribution in [0.5, 0.6) is 5.75 Å². The predicted molar refractivity (Wildman–Crippen MR) is 110 cm³/mol. The van der Waals surface area contributed by atoms with E-state index in [4.69, 9.17) is 4.74 Å². The van der Waals surface area contributed by atoms with Crippen LogP contribution in [0.25, 0.3) is 0 Å². The lowest BCUT2D eigenvalue weighted by molar-refractivity contribution is -0.137. The molecule has 0 aromatic heterocycles. The molecule has 2 aromatic carbocycles. The summed E-state index contributed by atoms with van der Waals surface area (Å²) < 4.78 is 44.7. The Kier molecular flexibility index (Phi) is 6.72. The Morgan fingerprint density at radius 1 is 1.23 bits per heavy atom. The molecule has 3 rings (SSSR count). The van der Waals surface area contributed by atoms with Crippen LogP contribution in [0.4, 0.5) is 23.7 Å². The van der Waals surface area contributed by atoms with E-state index >= 15 is 0 Å². The lowest BCUT2D eigenvalue weighted by Gasteiger charge is -2.26. The van der Waals surface area contributed by atoms with Gasteiger partial charge in [0.15, 0.2) is 0 Å². The van der Waals surface area contributed by atoms with E-state index in [2.05, 4.69) is 10.6 Å². The van der Waals surface area contributed by atoms with Crippen molar-refractivity contribution in [3.8, 4) is 5.75 Å². The minimum Gasteiger partial charge on any atom is -0.497 e. The highest BCUT2D eigenvalue weighted by Gasteiger charge is 2.32. The fourth-order valence-electron chi connectivity index (χ4n) is 3.50. The number of alkyl halides is 3. The number of nitrogens with zero attached hydrogens (tertiary/aromatic N) is 1. The van der Waals surface area contributed by atoms with Crippen molar-refractivity contribution in [1.29, 1.82) is 0 Å². The van der Waals surface area contributed by atoms with Crippen molar-refractivity contribution in [2.75, 3.05) is 25.5 Å². The largest absolute Gasteiger partial charge is 0.497 e. The molecular weight excluding hydrogens is 411 g/mol. The van der Waals surface area contributed by atoms with Gasteiger partial charge in [-0.3, -0.25) is 4.79 Å². The third kappa shape index (κ3) is 5.68. The monoisotopic (exact) mass is 435 g/mol. The van der Waals surface area contributed by atoms with Crippen LogP contribution in [-0.4, -0.2) is 37.0 Å². The summed E-state index contributed by atoms with van der Waals surface area (Å²) >= 11 is 0. The van der Waals surface area contributed by atoms with E-state index in [9.17, 15) is 22.8 Å². The van der Waals surface area contributed by atoms with E-state index in [0.717, 1.165) is 17.7 Å². The zero-order valence-corrected chi connectivity index (χ0v) is 17.3. The Labute approximate surface area is 178 Å². The number of carbonyl (C=O) groups is 2.